The van der Waals surface area contributed by atoms with Gasteiger partial charge in [-0.2, -0.15) is 0 Å². The Balaban J connectivity index is 2.32. The van der Waals surface area contributed by atoms with Crippen molar-refractivity contribution in [3.63, 3.8) is 0 Å². The van der Waals surface area contributed by atoms with Gasteiger partial charge in [0.25, 0.3) is 0 Å². The SMILES string of the molecule is CCOC(=O)c1oc(C2CCCC2C)nc1C(C)C. The van der Waals surface area contributed by atoms with Gasteiger partial charge in [0.1, 0.15) is 0 Å². The summed E-state index contributed by atoms with van der Waals surface area (Å²) in [6, 6.07) is 0. The monoisotopic (exact) mass is 265 g/mol. The Morgan fingerprint density at radius 3 is 2.74 bits per heavy atom. The third-order valence-corrected chi connectivity index (χ3v) is 3.86. The Kier molecular flexibility index (Phi) is 4.27. The molecule has 1 fully saturated rings. The van der Waals surface area contributed by atoms with Crippen molar-refractivity contribution < 1.29 is 13.9 Å². The standard InChI is InChI=1S/C15H23NO3/c1-5-18-15(17)13-12(9(2)3)16-14(19-13)11-8-6-7-10(11)4/h9-11H,5-8H2,1-4H3. The van der Waals surface area contributed by atoms with Gasteiger partial charge in [-0.1, -0.05) is 27.2 Å². The molecule has 1 heterocycles. The van der Waals surface area contributed by atoms with E-state index in [4.69, 9.17) is 9.15 Å². The molecule has 4 nitrogen and oxygen atoms in total. The molecule has 2 rings (SSSR count). The Hall–Kier alpha value is -1.32. The first-order valence-corrected chi connectivity index (χ1v) is 7.22. The van der Waals surface area contributed by atoms with Crippen molar-refractivity contribution in [2.75, 3.05) is 6.61 Å². The molecule has 0 aliphatic heterocycles. The number of hydrogen-bond acceptors (Lipinski definition) is 4. The van der Waals surface area contributed by atoms with E-state index < -0.39 is 5.97 Å². The first-order chi connectivity index (χ1) is 9.04. The lowest BCUT2D eigenvalue weighted by molar-refractivity contribution is 0.0484. The Morgan fingerprint density at radius 2 is 2.21 bits per heavy atom. The van der Waals surface area contributed by atoms with Crippen LogP contribution in [0.2, 0.25) is 0 Å². The average Bonchev–Trinajstić information content (AvgIpc) is 2.94. The zero-order chi connectivity index (χ0) is 14.0. The maximum Gasteiger partial charge on any atom is 0.376 e. The Labute approximate surface area is 114 Å². The van der Waals surface area contributed by atoms with Gasteiger partial charge in [0.15, 0.2) is 5.89 Å². The topological polar surface area (TPSA) is 52.3 Å². The molecular weight excluding hydrogens is 242 g/mol. The molecule has 1 aliphatic rings. The molecule has 0 spiro atoms. The van der Waals surface area contributed by atoms with Gasteiger partial charge in [-0.15, -0.1) is 0 Å². The third kappa shape index (κ3) is 2.82. The Morgan fingerprint density at radius 1 is 1.47 bits per heavy atom. The van der Waals surface area contributed by atoms with Crippen LogP contribution in [0.3, 0.4) is 0 Å². The van der Waals surface area contributed by atoms with E-state index in [0.717, 1.165) is 18.0 Å². The second-order valence-corrected chi connectivity index (χ2v) is 5.66. The van der Waals surface area contributed by atoms with E-state index in [1.54, 1.807) is 6.92 Å². The van der Waals surface area contributed by atoms with Crippen LogP contribution in [-0.2, 0) is 4.74 Å². The Bertz CT molecular complexity index is 450. The fourth-order valence-corrected chi connectivity index (χ4v) is 2.75. The van der Waals surface area contributed by atoms with E-state index in [2.05, 4.69) is 11.9 Å². The van der Waals surface area contributed by atoms with Gasteiger partial charge in [0.2, 0.25) is 5.76 Å². The molecule has 0 radical (unpaired) electrons. The van der Waals surface area contributed by atoms with E-state index in [9.17, 15) is 4.79 Å². The van der Waals surface area contributed by atoms with Crippen LogP contribution in [0.4, 0.5) is 0 Å². The summed E-state index contributed by atoms with van der Waals surface area (Å²) in [5.74, 6) is 1.71. The summed E-state index contributed by atoms with van der Waals surface area (Å²) in [4.78, 5) is 16.5. The second kappa shape index (κ2) is 5.76. The highest BCUT2D eigenvalue weighted by atomic mass is 16.5. The van der Waals surface area contributed by atoms with E-state index in [1.165, 1.54) is 12.8 Å². The summed E-state index contributed by atoms with van der Waals surface area (Å²) in [5.41, 5.74) is 0.729. The molecular formula is C15H23NO3. The third-order valence-electron chi connectivity index (χ3n) is 3.86. The van der Waals surface area contributed by atoms with Crippen LogP contribution in [0.25, 0.3) is 0 Å². The molecule has 19 heavy (non-hydrogen) atoms. The summed E-state index contributed by atoms with van der Waals surface area (Å²) < 4.78 is 10.8. The number of nitrogens with zero attached hydrogens (tertiary/aromatic N) is 1. The van der Waals surface area contributed by atoms with Crippen LogP contribution in [0.1, 0.15) is 80.9 Å². The van der Waals surface area contributed by atoms with Gasteiger partial charge >= 0.3 is 5.97 Å². The van der Waals surface area contributed by atoms with Gasteiger partial charge in [0, 0.05) is 5.92 Å². The molecule has 0 N–H and O–H groups in total. The number of hydrogen-bond donors (Lipinski definition) is 0. The van der Waals surface area contributed by atoms with Crippen LogP contribution in [0.15, 0.2) is 4.42 Å². The maximum atomic E-state index is 11.9. The lowest BCUT2D eigenvalue weighted by Gasteiger charge is -2.09. The molecule has 0 saturated heterocycles. The van der Waals surface area contributed by atoms with E-state index in [-0.39, 0.29) is 5.92 Å². The minimum Gasteiger partial charge on any atom is -0.460 e. The van der Waals surface area contributed by atoms with E-state index >= 15 is 0 Å². The van der Waals surface area contributed by atoms with Gasteiger partial charge in [-0.25, -0.2) is 9.78 Å². The van der Waals surface area contributed by atoms with Crippen LogP contribution in [0.5, 0.6) is 0 Å². The smallest absolute Gasteiger partial charge is 0.376 e. The summed E-state index contributed by atoms with van der Waals surface area (Å²) in [5, 5.41) is 0. The van der Waals surface area contributed by atoms with Crippen molar-refractivity contribution >= 4 is 5.97 Å². The first-order valence-electron chi connectivity index (χ1n) is 7.22. The molecule has 2 unspecified atom stereocenters. The number of carbonyl (C=O) groups excluding carboxylic acids is 1. The molecule has 4 heteroatoms. The number of esters is 1. The molecule has 106 valence electrons. The fraction of sp³-hybridized carbons (Fsp3) is 0.733. The van der Waals surface area contributed by atoms with Gasteiger partial charge < -0.3 is 9.15 Å². The number of oxazole rings is 1. The van der Waals surface area contributed by atoms with Gasteiger partial charge in [-0.3, -0.25) is 0 Å². The first kappa shape index (κ1) is 14.1. The molecule has 1 saturated carbocycles. The van der Waals surface area contributed by atoms with Crippen molar-refractivity contribution in [3.05, 3.63) is 17.3 Å². The summed E-state index contributed by atoms with van der Waals surface area (Å²) >= 11 is 0. The number of ether oxygens (including phenoxy) is 1. The molecule has 0 aromatic carbocycles. The van der Waals surface area contributed by atoms with Crippen LogP contribution >= 0.6 is 0 Å². The van der Waals surface area contributed by atoms with Crippen molar-refractivity contribution in [1.82, 2.24) is 4.98 Å². The number of carbonyl (C=O) groups is 1. The molecule has 1 aromatic heterocycles. The average molecular weight is 265 g/mol. The lowest BCUT2D eigenvalue weighted by atomic mass is 9.98. The number of aromatic nitrogens is 1. The highest BCUT2D eigenvalue weighted by Crippen LogP contribution is 2.40. The van der Waals surface area contributed by atoms with Gasteiger partial charge in [-0.05, 0) is 31.6 Å². The highest BCUT2D eigenvalue weighted by molar-refractivity contribution is 5.87. The van der Waals surface area contributed by atoms with Crippen molar-refractivity contribution in [2.45, 2.75) is 58.8 Å². The van der Waals surface area contributed by atoms with E-state index in [0.29, 0.717) is 24.2 Å². The maximum absolute atomic E-state index is 11.9. The molecule has 0 amide bonds. The second-order valence-electron chi connectivity index (χ2n) is 5.66. The minimum atomic E-state index is -0.393. The predicted molar refractivity (Wildman–Crippen MR) is 72.3 cm³/mol. The molecule has 1 aliphatic carbocycles. The molecule has 0 bridgehead atoms. The van der Waals surface area contributed by atoms with E-state index in [1.807, 2.05) is 13.8 Å². The predicted octanol–water partition coefficient (Wildman–Crippen LogP) is 3.88. The summed E-state index contributed by atoms with van der Waals surface area (Å²) in [6.45, 7) is 8.40. The quantitative estimate of drug-likeness (QED) is 0.775. The van der Waals surface area contributed by atoms with Crippen molar-refractivity contribution in [3.8, 4) is 0 Å². The minimum absolute atomic E-state index is 0.161. The van der Waals surface area contributed by atoms with Crippen molar-refractivity contribution in [2.24, 2.45) is 5.92 Å². The van der Waals surface area contributed by atoms with Crippen LogP contribution < -0.4 is 0 Å². The molecule has 2 atom stereocenters. The fourth-order valence-electron chi connectivity index (χ4n) is 2.75. The number of rotatable bonds is 4. The van der Waals surface area contributed by atoms with Gasteiger partial charge in [0.05, 0.1) is 12.3 Å². The zero-order valence-electron chi connectivity index (χ0n) is 12.2. The lowest BCUT2D eigenvalue weighted by Crippen LogP contribution is -2.07. The molecule has 1 aromatic rings. The highest BCUT2D eigenvalue weighted by Gasteiger charge is 2.32. The summed E-state index contributed by atoms with van der Waals surface area (Å²) in [6.07, 6.45) is 3.51. The summed E-state index contributed by atoms with van der Waals surface area (Å²) in [7, 11) is 0. The zero-order valence-corrected chi connectivity index (χ0v) is 12.2. The van der Waals surface area contributed by atoms with Crippen LogP contribution in [-0.4, -0.2) is 17.6 Å². The largest absolute Gasteiger partial charge is 0.460 e. The van der Waals surface area contributed by atoms with Crippen LogP contribution in [0, 0.1) is 5.92 Å². The van der Waals surface area contributed by atoms with Crippen molar-refractivity contribution in [1.29, 1.82) is 0 Å². The normalized spacial score (nSPS) is 23.0.